The van der Waals surface area contributed by atoms with Crippen LogP contribution in [0.3, 0.4) is 0 Å². The van der Waals surface area contributed by atoms with Gasteiger partial charge in [0, 0.05) is 18.1 Å². The van der Waals surface area contributed by atoms with Gasteiger partial charge >= 0.3 is 0 Å². The summed E-state index contributed by atoms with van der Waals surface area (Å²) in [4.78, 5) is 10.4. The quantitative estimate of drug-likeness (QED) is 0.644. The third-order valence-electron chi connectivity index (χ3n) is 5.26. The minimum Gasteiger partial charge on any atom is -0.399 e. The summed E-state index contributed by atoms with van der Waals surface area (Å²) in [6, 6.07) is 12.0. The van der Waals surface area contributed by atoms with Crippen molar-refractivity contribution in [3.05, 3.63) is 62.9 Å². The summed E-state index contributed by atoms with van der Waals surface area (Å²) in [5.41, 5.74) is 6.02. The third-order valence-corrected chi connectivity index (χ3v) is 5.26. The lowest BCUT2D eigenvalue weighted by Gasteiger charge is -2.43. The van der Waals surface area contributed by atoms with Gasteiger partial charge in [0.2, 0.25) is 0 Å². The lowest BCUT2D eigenvalue weighted by atomic mass is 9.57. The topological polar surface area (TPSA) is 141 Å². The van der Waals surface area contributed by atoms with Gasteiger partial charge in [-0.3, -0.25) is 10.1 Å². The van der Waals surface area contributed by atoms with Crippen molar-refractivity contribution in [3.8, 4) is 18.2 Å². The first-order valence-corrected chi connectivity index (χ1v) is 8.17. The number of nitrogens with zero attached hydrogens (tertiary/aromatic N) is 4. The van der Waals surface area contributed by atoms with Gasteiger partial charge in [0.05, 0.1) is 28.3 Å². The van der Waals surface area contributed by atoms with Crippen LogP contribution in [0.25, 0.3) is 0 Å². The normalized spacial score (nSPS) is 23.7. The van der Waals surface area contributed by atoms with Crippen molar-refractivity contribution in [2.45, 2.75) is 25.2 Å². The van der Waals surface area contributed by atoms with E-state index in [4.69, 9.17) is 5.73 Å². The Morgan fingerprint density at radius 1 is 1.19 bits per heavy atom. The predicted octanol–water partition coefficient (Wildman–Crippen LogP) is 3.19. The van der Waals surface area contributed by atoms with E-state index in [-0.39, 0.29) is 22.9 Å². The van der Waals surface area contributed by atoms with E-state index in [0.717, 1.165) is 24.8 Å². The van der Waals surface area contributed by atoms with Crippen LogP contribution in [0.5, 0.6) is 0 Å². The zero-order chi connectivity index (χ0) is 18.9. The number of hydrogen-bond donors (Lipinski definition) is 1. The van der Waals surface area contributed by atoms with Gasteiger partial charge in [-0.15, -0.1) is 0 Å². The number of non-ortho nitro benzene ring substituents is 1. The summed E-state index contributed by atoms with van der Waals surface area (Å²) in [5.74, 6) is -0.784. The largest absolute Gasteiger partial charge is 0.399 e. The molecule has 0 aromatic heterocycles. The number of nitro groups is 1. The summed E-state index contributed by atoms with van der Waals surface area (Å²) < 4.78 is 0. The first-order valence-electron chi connectivity index (χ1n) is 8.17. The van der Waals surface area contributed by atoms with Crippen molar-refractivity contribution in [1.29, 1.82) is 15.8 Å². The van der Waals surface area contributed by atoms with E-state index in [1.807, 2.05) is 18.2 Å². The maximum Gasteiger partial charge on any atom is 0.269 e. The molecular weight excluding hydrogens is 330 g/mol. The van der Waals surface area contributed by atoms with Gasteiger partial charge in [-0.1, -0.05) is 18.2 Å². The second-order valence-electron chi connectivity index (χ2n) is 6.46. The molecular formula is C19H15N5O2. The van der Waals surface area contributed by atoms with Crippen molar-refractivity contribution >= 4 is 5.69 Å². The highest BCUT2D eigenvalue weighted by molar-refractivity contribution is 5.59. The van der Waals surface area contributed by atoms with Crippen LogP contribution >= 0.6 is 0 Å². The predicted molar refractivity (Wildman–Crippen MR) is 91.7 cm³/mol. The Morgan fingerprint density at radius 2 is 1.85 bits per heavy atom. The third kappa shape index (κ3) is 2.32. The maximum atomic E-state index is 10.9. The molecule has 2 N–H and O–H groups in total. The SMILES string of the molecule is N#CC1=C(N)C(C#N)(C#N)[C@H](c2ccc([N+](=O)[O-])cc2)[C@@H]2CCCC=C12. The summed E-state index contributed by atoms with van der Waals surface area (Å²) >= 11 is 0. The Hall–Kier alpha value is -3.63. The molecule has 0 saturated heterocycles. The van der Waals surface area contributed by atoms with Gasteiger partial charge in [0.25, 0.3) is 5.69 Å². The monoisotopic (exact) mass is 345 g/mol. The number of rotatable bonds is 2. The molecule has 0 bridgehead atoms. The van der Waals surface area contributed by atoms with Crippen molar-refractivity contribution in [2.75, 3.05) is 0 Å². The summed E-state index contributed by atoms with van der Waals surface area (Å²) in [6.45, 7) is 0. The molecule has 0 amide bonds. The molecule has 0 unspecified atom stereocenters. The fourth-order valence-electron chi connectivity index (χ4n) is 4.05. The van der Waals surface area contributed by atoms with E-state index in [1.165, 1.54) is 12.1 Å². The molecule has 1 aromatic rings. The van der Waals surface area contributed by atoms with E-state index in [2.05, 4.69) is 6.07 Å². The fraction of sp³-hybridized carbons (Fsp3) is 0.316. The Morgan fingerprint density at radius 3 is 2.38 bits per heavy atom. The summed E-state index contributed by atoms with van der Waals surface area (Å²) in [6.07, 6.45) is 4.36. The van der Waals surface area contributed by atoms with Crippen molar-refractivity contribution in [2.24, 2.45) is 17.1 Å². The van der Waals surface area contributed by atoms with Crippen LogP contribution in [0.1, 0.15) is 30.7 Å². The molecule has 7 nitrogen and oxygen atoms in total. The van der Waals surface area contributed by atoms with Crippen LogP contribution in [-0.2, 0) is 0 Å². The molecule has 0 radical (unpaired) electrons. The Kier molecular flexibility index (Phi) is 4.20. The Balaban J connectivity index is 2.26. The fourth-order valence-corrected chi connectivity index (χ4v) is 4.05. The minimum absolute atomic E-state index is 0.0299. The molecule has 2 aliphatic carbocycles. The zero-order valence-corrected chi connectivity index (χ0v) is 13.8. The van der Waals surface area contributed by atoms with E-state index >= 15 is 0 Å². The van der Waals surface area contributed by atoms with Gasteiger partial charge in [-0.25, -0.2) is 0 Å². The molecule has 0 spiro atoms. The molecule has 0 fully saturated rings. The number of nitro benzene ring substituents is 1. The molecule has 2 aliphatic rings. The van der Waals surface area contributed by atoms with Crippen LogP contribution in [0.15, 0.2) is 47.2 Å². The van der Waals surface area contributed by atoms with E-state index in [0.29, 0.717) is 5.56 Å². The van der Waals surface area contributed by atoms with Gasteiger partial charge < -0.3 is 5.73 Å². The number of benzene rings is 1. The van der Waals surface area contributed by atoms with Gasteiger partial charge in [-0.2, -0.15) is 15.8 Å². The summed E-state index contributed by atoms with van der Waals surface area (Å²) in [5, 5.41) is 40.2. The average Bonchev–Trinajstić information content (AvgIpc) is 2.67. The molecule has 128 valence electrons. The minimum atomic E-state index is -1.68. The van der Waals surface area contributed by atoms with Crippen molar-refractivity contribution < 1.29 is 4.92 Å². The molecule has 0 heterocycles. The maximum absolute atomic E-state index is 10.9. The van der Waals surface area contributed by atoms with Gasteiger partial charge in [0.1, 0.15) is 6.07 Å². The van der Waals surface area contributed by atoms with E-state index in [1.54, 1.807) is 12.1 Å². The number of nitrogens with two attached hydrogens (primary N) is 1. The number of hydrogen-bond acceptors (Lipinski definition) is 6. The van der Waals surface area contributed by atoms with Crippen molar-refractivity contribution in [1.82, 2.24) is 0 Å². The van der Waals surface area contributed by atoms with Crippen LogP contribution < -0.4 is 5.73 Å². The molecule has 0 aliphatic heterocycles. The first kappa shape index (κ1) is 17.2. The second-order valence-corrected chi connectivity index (χ2v) is 6.46. The number of fused-ring (bicyclic) bond motifs is 1. The molecule has 26 heavy (non-hydrogen) atoms. The average molecular weight is 345 g/mol. The standard InChI is InChI=1S/C19H15N5O2/c20-9-16-14-3-1-2-4-15(14)17(19(10-21,11-22)18(16)23)12-5-7-13(8-6-12)24(25)26/h3,5-8,15,17H,1-2,4,23H2/t15-,17-/m1/s1. The lowest BCUT2D eigenvalue weighted by molar-refractivity contribution is -0.384. The van der Waals surface area contributed by atoms with Gasteiger partial charge in [-0.05, 0) is 36.3 Å². The Labute approximate surface area is 150 Å². The lowest BCUT2D eigenvalue weighted by Crippen LogP contribution is -2.42. The highest BCUT2D eigenvalue weighted by Crippen LogP contribution is 2.55. The smallest absolute Gasteiger partial charge is 0.269 e. The van der Waals surface area contributed by atoms with Crippen LogP contribution in [0.2, 0.25) is 0 Å². The van der Waals surface area contributed by atoms with E-state index in [9.17, 15) is 25.9 Å². The molecule has 3 rings (SSSR count). The van der Waals surface area contributed by atoms with Crippen LogP contribution in [-0.4, -0.2) is 4.92 Å². The molecule has 1 aromatic carbocycles. The molecule has 2 atom stereocenters. The Bertz CT molecular complexity index is 940. The molecule has 0 saturated carbocycles. The molecule has 7 heteroatoms. The first-order chi connectivity index (χ1) is 12.5. The van der Waals surface area contributed by atoms with Gasteiger partial charge in [0.15, 0.2) is 5.41 Å². The number of allylic oxidation sites excluding steroid dienone is 4. The van der Waals surface area contributed by atoms with E-state index < -0.39 is 16.3 Å². The zero-order valence-electron chi connectivity index (χ0n) is 13.8. The van der Waals surface area contributed by atoms with Crippen LogP contribution in [0.4, 0.5) is 5.69 Å². The highest BCUT2D eigenvalue weighted by Gasteiger charge is 2.53. The summed E-state index contributed by atoms with van der Waals surface area (Å²) in [7, 11) is 0. The van der Waals surface area contributed by atoms with Crippen molar-refractivity contribution in [3.63, 3.8) is 0 Å². The van der Waals surface area contributed by atoms with Crippen LogP contribution in [0, 0.1) is 55.4 Å². The highest BCUT2D eigenvalue weighted by atomic mass is 16.6. The number of nitriles is 3. The second kappa shape index (κ2) is 6.35.